The molecule has 1 amide bonds. The van der Waals surface area contributed by atoms with E-state index in [-0.39, 0.29) is 44.5 Å². The van der Waals surface area contributed by atoms with E-state index in [1.54, 1.807) is 0 Å². The highest BCUT2D eigenvalue weighted by Gasteiger charge is 2.32. The summed E-state index contributed by atoms with van der Waals surface area (Å²) in [7, 11) is 0. The van der Waals surface area contributed by atoms with Crippen LogP contribution in [0.5, 0.6) is 11.5 Å². The van der Waals surface area contributed by atoms with Crippen molar-refractivity contribution in [1.29, 1.82) is 0 Å². The first-order chi connectivity index (χ1) is 16.0. The number of anilines is 1. The topological polar surface area (TPSA) is 93.5 Å². The highest BCUT2D eigenvalue weighted by molar-refractivity contribution is 7.17. The summed E-state index contributed by atoms with van der Waals surface area (Å²) in [6.07, 6.45) is -3.69. The number of carbonyl (C=O) groups is 1. The Balaban J connectivity index is 1.67. The van der Waals surface area contributed by atoms with Gasteiger partial charge in [-0.25, -0.2) is 4.98 Å². The Bertz CT molecular complexity index is 1450. The van der Waals surface area contributed by atoms with Crippen molar-refractivity contribution in [3.8, 4) is 11.5 Å². The minimum absolute atomic E-state index is 0.0367. The summed E-state index contributed by atoms with van der Waals surface area (Å²) >= 11 is 12.8. The Morgan fingerprint density at radius 3 is 2.56 bits per heavy atom. The van der Waals surface area contributed by atoms with Crippen molar-refractivity contribution in [1.82, 2.24) is 9.55 Å². The zero-order valence-electron chi connectivity index (χ0n) is 16.7. The van der Waals surface area contributed by atoms with Crippen LogP contribution in [0.25, 0.3) is 10.2 Å². The van der Waals surface area contributed by atoms with Crippen molar-refractivity contribution < 1.29 is 27.8 Å². The zero-order valence-corrected chi connectivity index (χ0v) is 19.0. The normalized spacial score (nSPS) is 11.6. The van der Waals surface area contributed by atoms with E-state index in [1.165, 1.54) is 42.0 Å². The van der Waals surface area contributed by atoms with Gasteiger partial charge in [-0.05, 0) is 18.2 Å². The molecule has 2 aromatic carbocycles. The van der Waals surface area contributed by atoms with Crippen molar-refractivity contribution in [2.45, 2.75) is 12.9 Å². The van der Waals surface area contributed by atoms with Crippen LogP contribution in [0.4, 0.5) is 18.9 Å². The number of thiophene rings is 1. The fourth-order valence-corrected chi connectivity index (χ4v) is 4.42. The van der Waals surface area contributed by atoms with Crippen LogP contribution in [0.2, 0.25) is 10.0 Å². The van der Waals surface area contributed by atoms with Crippen molar-refractivity contribution >= 4 is 56.3 Å². The molecule has 0 radical (unpaired) electrons. The van der Waals surface area contributed by atoms with Gasteiger partial charge in [0.1, 0.15) is 16.0 Å². The third-order valence-corrected chi connectivity index (χ3v) is 6.09. The Kier molecular flexibility index (Phi) is 6.43. The van der Waals surface area contributed by atoms with E-state index in [4.69, 9.17) is 23.2 Å². The molecule has 2 heterocycles. The van der Waals surface area contributed by atoms with E-state index in [0.717, 1.165) is 22.0 Å². The summed E-state index contributed by atoms with van der Waals surface area (Å²) < 4.78 is 43.3. The summed E-state index contributed by atoms with van der Waals surface area (Å²) in [5.41, 5.74) is -0.283. The number of hydrogen-bond acceptors (Lipinski definition) is 6. The van der Waals surface area contributed by atoms with Gasteiger partial charge >= 0.3 is 6.36 Å². The summed E-state index contributed by atoms with van der Waals surface area (Å²) in [4.78, 5) is 30.3. The van der Waals surface area contributed by atoms with Gasteiger partial charge in [-0.15, -0.1) is 24.5 Å². The van der Waals surface area contributed by atoms with Crippen LogP contribution in [0, 0.1) is 0 Å². The first kappa shape index (κ1) is 23.9. The second-order valence-corrected chi connectivity index (χ2v) is 8.58. The van der Waals surface area contributed by atoms with Crippen LogP contribution >= 0.6 is 34.5 Å². The molecule has 0 aliphatic heterocycles. The second kappa shape index (κ2) is 9.16. The highest BCUT2D eigenvalue weighted by Crippen LogP contribution is 2.33. The quantitative estimate of drug-likeness (QED) is 0.347. The molecule has 4 rings (SSSR count). The van der Waals surface area contributed by atoms with Gasteiger partial charge in [0, 0.05) is 16.5 Å². The number of phenols is 1. The predicted molar refractivity (Wildman–Crippen MR) is 122 cm³/mol. The van der Waals surface area contributed by atoms with Crippen LogP contribution in [0.1, 0.15) is 15.9 Å². The van der Waals surface area contributed by atoms with Gasteiger partial charge in [-0.3, -0.25) is 14.2 Å². The predicted octanol–water partition coefficient (Wildman–Crippen LogP) is 5.67. The fraction of sp³-hybridized carbons (Fsp3) is 0.0952. The van der Waals surface area contributed by atoms with E-state index in [1.807, 2.05) is 0 Å². The molecule has 0 aliphatic rings. The number of amides is 1. The molecule has 34 heavy (non-hydrogen) atoms. The number of nitrogens with one attached hydrogen (secondary N) is 1. The van der Waals surface area contributed by atoms with E-state index in [2.05, 4.69) is 15.0 Å². The lowest BCUT2D eigenvalue weighted by atomic mass is 10.2. The van der Waals surface area contributed by atoms with Crippen molar-refractivity contribution in [2.75, 3.05) is 5.32 Å². The van der Waals surface area contributed by atoms with E-state index in [9.17, 15) is 27.9 Å². The Labute approximate surface area is 202 Å². The molecule has 0 fully saturated rings. The van der Waals surface area contributed by atoms with Crippen molar-refractivity contribution in [3.05, 3.63) is 79.6 Å². The molecule has 4 aromatic rings. The third-order valence-electron chi connectivity index (χ3n) is 4.63. The van der Waals surface area contributed by atoms with Crippen molar-refractivity contribution in [2.24, 2.45) is 0 Å². The molecule has 0 bridgehead atoms. The van der Waals surface area contributed by atoms with Crippen LogP contribution in [0.15, 0.2) is 52.9 Å². The van der Waals surface area contributed by atoms with Gasteiger partial charge in [0.2, 0.25) is 0 Å². The summed E-state index contributed by atoms with van der Waals surface area (Å²) in [5.74, 6) is -1.47. The number of benzene rings is 2. The van der Waals surface area contributed by atoms with Gasteiger partial charge in [0.05, 0.1) is 28.6 Å². The maximum atomic E-state index is 13.1. The average molecular weight is 530 g/mol. The number of aromatic hydroxyl groups is 1. The van der Waals surface area contributed by atoms with Gasteiger partial charge in [-0.1, -0.05) is 41.4 Å². The fourth-order valence-electron chi connectivity index (χ4n) is 3.11. The Morgan fingerprint density at radius 1 is 1.21 bits per heavy atom. The zero-order chi connectivity index (χ0) is 24.6. The Morgan fingerprint density at radius 2 is 1.88 bits per heavy atom. The van der Waals surface area contributed by atoms with Crippen LogP contribution in [0.3, 0.4) is 0 Å². The van der Waals surface area contributed by atoms with E-state index < -0.39 is 23.6 Å². The summed E-state index contributed by atoms with van der Waals surface area (Å²) in [6, 6.07) is 7.85. The first-order valence-corrected chi connectivity index (χ1v) is 11.0. The van der Waals surface area contributed by atoms with E-state index in [0.29, 0.717) is 4.83 Å². The number of ether oxygens (including phenoxy) is 1. The van der Waals surface area contributed by atoms with Gasteiger partial charge in [-0.2, -0.15) is 0 Å². The lowest BCUT2D eigenvalue weighted by Crippen LogP contribution is -2.23. The van der Waals surface area contributed by atoms with Crippen LogP contribution < -0.4 is 15.6 Å². The first-order valence-electron chi connectivity index (χ1n) is 9.33. The summed E-state index contributed by atoms with van der Waals surface area (Å²) in [5, 5.41) is 13.6. The number of alkyl halides is 3. The Hall–Kier alpha value is -3.28. The molecular formula is C21H12Cl2F3N3O4S. The second-order valence-electron chi connectivity index (χ2n) is 6.91. The minimum Gasteiger partial charge on any atom is -0.505 e. The molecule has 0 saturated heterocycles. The number of aromatic nitrogens is 2. The highest BCUT2D eigenvalue weighted by atomic mass is 35.5. The maximum Gasteiger partial charge on any atom is 0.573 e. The molecule has 0 saturated carbocycles. The number of phenolic OH excluding ortho intramolecular Hbond substituents is 1. The standard InChI is InChI=1S/C21H12Cl2F3N3O4S/c22-12-5-11(6-13(23)17(12)30)18(31)28-14-8-34-19-16(14)20(32)29(9-27-19)7-10-3-1-2-4-15(10)33-21(24,25)26/h1-6,8-9,30H,7H2,(H,28,31). The number of rotatable bonds is 5. The van der Waals surface area contributed by atoms with Gasteiger partial charge in [0.15, 0.2) is 5.75 Å². The molecule has 0 unspecified atom stereocenters. The molecule has 13 heteroatoms. The van der Waals surface area contributed by atoms with Crippen LogP contribution in [-0.2, 0) is 6.54 Å². The monoisotopic (exact) mass is 529 g/mol. The molecular weight excluding hydrogens is 518 g/mol. The van der Waals surface area contributed by atoms with Gasteiger partial charge in [0.25, 0.3) is 11.5 Å². The lowest BCUT2D eigenvalue weighted by Gasteiger charge is -2.14. The van der Waals surface area contributed by atoms with Crippen LogP contribution in [-0.4, -0.2) is 26.9 Å². The third kappa shape index (κ3) is 4.96. The van der Waals surface area contributed by atoms with Crippen molar-refractivity contribution in [3.63, 3.8) is 0 Å². The molecule has 0 aliphatic carbocycles. The molecule has 0 atom stereocenters. The largest absolute Gasteiger partial charge is 0.573 e. The number of nitrogens with zero attached hydrogens (tertiary/aromatic N) is 2. The number of fused-ring (bicyclic) bond motifs is 1. The molecule has 7 nitrogen and oxygen atoms in total. The SMILES string of the molecule is O=C(Nc1csc2ncn(Cc3ccccc3OC(F)(F)F)c(=O)c12)c1cc(Cl)c(O)c(Cl)c1. The number of para-hydroxylation sites is 1. The lowest BCUT2D eigenvalue weighted by molar-refractivity contribution is -0.274. The maximum absolute atomic E-state index is 13.1. The van der Waals surface area contributed by atoms with E-state index >= 15 is 0 Å². The summed E-state index contributed by atoms with van der Waals surface area (Å²) in [6.45, 7) is -0.250. The van der Waals surface area contributed by atoms with Gasteiger partial charge < -0.3 is 15.2 Å². The smallest absolute Gasteiger partial charge is 0.505 e. The number of hydrogen-bond donors (Lipinski definition) is 2. The minimum atomic E-state index is -4.89. The number of carbonyl (C=O) groups excluding carboxylic acids is 1. The molecule has 176 valence electrons. The molecule has 2 N–H and O–H groups in total. The molecule has 0 spiro atoms. The molecule has 2 aromatic heterocycles. The average Bonchev–Trinajstić information content (AvgIpc) is 3.17. The number of halogens is 5.